The fourth-order valence-electron chi connectivity index (χ4n) is 2.29. The van der Waals surface area contributed by atoms with Crippen molar-refractivity contribution < 1.29 is 23.1 Å². The number of halogens is 2. The lowest BCUT2D eigenvalue weighted by Crippen LogP contribution is -2.42. The van der Waals surface area contributed by atoms with Crippen molar-refractivity contribution >= 4 is 17.5 Å². The summed E-state index contributed by atoms with van der Waals surface area (Å²) < 4.78 is 32.9. The Morgan fingerprint density at radius 3 is 2.86 bits per heavy atom. The molecule has 1 heterocycles. The van der Waals surface area contributed by atoms with E-state index in [4.69, 9.17) is 4.74 Å². The van der Waals surface area contributed by atoms with Gasteiger partial charge in [0.15, 0.2) is 0 Å². The van der Waals surface area contributed by atoms with E-state index in [-0.39, 0.29) is 30.9 Å². The summed E-state index contributed by atoms with van der Waals surface area (Å²) in [5.74, 6) is -1.74. The predicted molar refractivity (Wildman–Crippen MR) is 76.8 cm³/mol. The van der Waals surface area contributed by atoms with E-state index < -0.39 is 23.3 Å². The van der Waals surface area contributed by atoms with E-state index in [2.05, 4.69) is 11.9 Å². The van der Waals surface area contributed by atoms with Gasteiger partial charge < -0.3 is 15.0 Å². The number of amides is 2. The van der Waals surface area contributed by atoms with Crippen LogP contribution in [0.5, 0.6) is 5.75 Å². The molecule has 7 heteroatoms. The van der Waals surface area contributed by atoms with Gasteiger partial charge >= 0.3 is 0 Å². The Morgan fingerprint density at radius 1 is 1.50 bits per heavy atom. The minimum Gasteiger partial charge on any atom is -0.495 e. The van der Waals surface area contributed by atoms with Gasteiger partial charge in [-0.25, -0.2) is 8.78 Å². The molecule has 0 aliphatic carbocycles. The molecule has 0 bridgehead atoms. The molecule has 1 aromatic carbocycles. The minimum atomic E-state index is -2.23. The van der Waals surface area contributed by atoms with Gasteiger partial charge in [0.05, 0.1) is 19.3 Å². The average Bonchev–Trinajstić information content (AvgIpc) is 2.90. The summed E-state index contributed by atoms with van der Waals surface area (Å²) in [6.07, 6.45) is 0.940. The maximum absolute atomic E-state index is 14.7. The monoisotopic (exact) mass is 310 g/mol. The highest BCUT2D eigenvalue weighted by molar-refractivity contribution is 5.99. The third-order valence-corrected chi connectivity index (χ3v) is 3.52. The largest absolute Gasteiger partial charge is 0.495 e. The van der Waals surface area contributed by atoms with Gasteiger partial charge in [-0.2, -0.15) is 0 Å². The van der Waals surface area contributed by atoms with Crippen molar-refractivity contribution in [2.45, 2.75) is 12.1 Å². The van der Waals surface area contributed by atoms with Gasteiger partial charge in [-0.3, -0.25) is 9.59 Å². The van der Waals surface area contributed by atoms with Crippen LogP contribution in [0.25, 0.3) is 0 Å². The standard InChI is InChI=1S/C15H16F2N2O3/c1-3-13(20)19-7-6-15(17,9-19)14(21)18-11-8-10(16)4-5-12(11)22-2/h3-5,8H,1,6-7,9H2,2H3,(H,18,21). The number of benzene rings is 1. The summed E-state index contributed by atoms with van der Waals surface area (Å²) in [6.45, 7) is 3.09. The molecular formula is C15H16F2N2O3. The summed E-state index contributed by atoms with van der Waals surface area (Å²) in [5, 5.41) is 2.32. The van der Waals surface area contributed by atoms with E-state index in [9.17, 15) is 18.4 Å². The Bertz CT molecular complexity index is 621. The van der Waals surface area contributed by atoms with Crippen molar-refractivity contribution in [1.29, 1.82) is 0 Å². The van der Waals surface area contributed by atoms with Gasteiger partial charge in [0.25, 0.3) is 5.91 Å². The van der Waals surface area contributed by atoms with E-state index in [1.807, 2.05) is 0 Å². The number of rotatable bonds is 4. The lowest BCUT2D eigenvalue weighted by Gasteiger charge is -2.20. The Hall–Kier alpha value is -2.44. The molecule has 1 aliphatic heterocycles. The predicted octanol–water partition coefficient (Wildman–Crippen LogP) is 1.90. The van der Waals surface area contributed by atoms with Crippen LogP contribution in [-0.2, 0) is 9.59 Å². The third-order valence-electron chi connectivity index (χ3n) is 3.52. The number of anilines is 1. The first-order chi connectivity index (χ1) is 10.4. The highest BCUT2D eigenvalue weighted by atomic mass is 19.1. The van der Waals surface area contributed by atoms with Crippen LogP contribution in [0.1, 0.15) is 6.42 Å². The number of methoxy groups -OCH3 is 1. The third kappa shape index (κ3) is 3.08. The van der Waals surface area contributed by atoms with E-state index in [0.717, 1.165) is 12.1 Å². The normalized spacial score (nSPS) is 20.6. The van der Waals surface area contributed by atoms with Gasteiger partial charge in [0.1, 0.15) is 11.6 Å². The molecule has 1 unspecified atom stereocenters. The molecule has 0 radical (unpaired) electrons. The Morgan fingerprint density at radius 2 is 2.23 bits per heavy atom. The summed E-state index contributed by atoms with van der Waals surface area (Å²) in [5.41, 5.74) is -2.19. The quantitative estimate of drug-likeness (QED) is 0.864. The smallest absolute Gasteiger partial charge is 0.264 e. The van der Waals surface area contributed by atoms with Gasteiger partial charge in [-0.15, -0.1) is 0 Å². The van der Waals surface area contributed by atoms with Crippen LogP contribution in [-0.4, -0.2) is 42.6 Å². The van der Waals surface area contributed by atoms with Gasteiger partial charge in [-0.05, 0) is 18.2 Å². The number of hydrogen-bond donors (Lipinski definition) is 1. The van der Waals surface area contributed by atoms with Crippen LogP contribution in [0.4, 0.5) is 14.5 Å². The first-order valence-electron chi connectivity index (χ1n) is 6.65. The summed E-state index contributed by atoms with van der Waals surface area (Å²) in [6, 6.07) is 3.54. The molecule has 5 nitrogen and oxygen atoms in total. The van der Waals surface area contributed by atoms with Crippen LogP contribution in [0.3, 0.4) is 0 Å². The average molecular weight is 310 g/mol. The topological polar surface area (TPSA) is 58.6 Å². The number of alkyl halides is 1. The molecule has 1 aromatic rings. The number of hydrogen-bond acceptors (Lipinski definition) is 3. The zero-order valence-corrected chi connectivity index (χ0v) is 12.1. The molecule has 22 heavy (non-hydrogen) atoms. The lowest BCUT2D eigenvalue weighted by atomic mass is 10.0. The maximum atomic E-state index is 14.7. The zero-order chi connectivity index (χ0) is 16.3. The van der Waals surface area contributed by atoms with Gasteiger partial charge in [-0.1, -0.05) is 6.58 Å². The fraction of sp³-hybridized carbons (Fsp3) is 0.333. The first-order valence-corrected chi connectivity index (χ1v) is 6.65. The second kappa shape index (κ2) is 6.13. The molecule has 1 atom stereocenters. The molecule has 1 fully saturated rings. The van der Waals surface area contributed by atoms with Crippen LogP contribution in [0.2, 0.25) is 0 Å². The second-order valence-corrected chi connectivity index (χ2v) is 4.98. The number of nitrogens with zero attached hydrogens (tertiary/aromatic N) is 1. The summed E-state index contributed by atoms with van der Waals surface area (Å²) in [7, 11) is 1.36. The van der Waals surface area contributed by atoms with E-state index in [0.29, 0.717) is 0 Å². The second-order valence-electron chi connectivity index (χ2n) is 4.98. The molecule has 1 saturated heterocycles. The molecule has 118 valence electrons. The van der Waals surface area contributed by atoms with Crippen molar-refractivity contribution in [3.63, 3.8) is 0 Å². The molecule has 1 aliphatic rings. The van der Waals surface area contributed by atoms with E-state index in [1.54, 1.807) is 0 Å². The molecule has 2 amide bonds. The molecule has 0 spiro atoms. The van der Waals surface area contributed by atoms with E-state index >= 15 is 0 Å². The number of likely N-dealkylation sites (tertiary alicyclic amines) is 1. The van der Waals surface area contributed by atoms with Crippen molar-refractivity contribution in [1.82, 2.24) is 4.90 Å². The molecule has 0 saturated carbocycles. The summed E-state index contributed by atoms with van der Waals surface area (Å²) >= 11 is 0. The maximum Gasteiger partial charge on any atom is 0.264 e. The first kappa shape index (κ1) is 15.9. The molecular weight excluding hydrogens is 294 g/mol. The summed E-state index contributed by atoms with van der Waals surface area (Å²) in [4.78, 5) is 24.8. The number of carbonyl (C=O) groups excluding carboxylic acids is 2. The Labute approximate surface area is 126 Å². The fourth-order valence-corrected chi connectivity index (χ4v) is 2.29. The minimum absolute atomic E-state index is 0.0398. The van der Waals surface area contributed by atoms with Crippen molar-refractivity contribution in [3.8, 4) is 5.75 Å². The van der Waals surface area contributed by atoms with Gasteiger partial charge in [0.2, 0.25) is 11.6 Å². The molecule has 0 aromatic heterocycles. The highest BCUT2D eigenvalue weighted by Gasteiger charge is 2.46. The van der Waals surface area contributed by atoms with Crippen molar-refractivity contribution in [2.75, 3.05) is 25.5 Å². The van der Waals surface area contributed by atoms with Crippen molar-refractivity contribution in [3.05, 3.63) is 36.7 Å². The van der Waals surface area contributed by atoms with Crippen LogP contribution in [0, 0.1) is 5.82 Å². The van der Waals surface area contributed by atoms with Crippen molar-refractivity contribution in [2.24, 2.45) is 0 Å². The van der Waals surface area contributed by atoms with Crippen LogP contribution in [0.15, 0.2) is 30.9 Å². The highest BCUT2D eigenvalue weighted by Crippen LogP contribution is 2.30. The number of ether oxygens (including phenoxy) is 1. The van der Waals surface area contributed by atoms with Crippen LogP contribution >= 0.6 is 0 Å². The molecule has 2 rings (SSSR count). The van der Waals surface area contributed by atoms with Crippen LogP contribution < -0.4 is 10.1 Å². The van der Waals surface area contributed by atoms with E-state index in [1.165, 1.54) is 24.1 Å². The SMILES string of the molecule is C=CC(=O)N1CCC(F)(C(=O)Nc2cc(F)ccc2OC)C1. The number of nitrogens with one attached hydrogen (secondary N) is 1. The Balaban J connectivity index is 2.14. The molecule has 1 N–H and O–H groups in total. The Kier molecular flexibility index (Phi) is 4.44. The van der Waals surface area contributed by atoms with Gasteiger partial charge in [0, 0.05) is 19.0 Å². The lowest BCUT2D eigenvalue weighted by molar-refractivity contribution is -0.129. The number of carbonyl (C=O) groups is 2. The zero-order valence-electron chi connectivity index (χ0n) is 12.1.